The number of imidazole rings is 1. The minimum atomic E-state index is -6.72. The number of halogens is 6. The van der Waals surface area contributed by atoms with E-state index in [1.807, 2.05) is 0 Å². The highest BCUT2D eigenvalue weighted by atomic mass is 32.3. The monoisotopic (exact) mass is 447 g/mol. The minimum absolute atomic E-state index is 0.778. The van der Waals surface area contributed by atoms with Gasteiger partial charge < -0.3 is 4.13 Å². The van der Waals surface area contributed by atoms with E-state index in [0.717, 1.165) is 10.5 Å². The fourth-order valence-corrected chi connectivity index (χ4v) is 3.46. The van der Waals surface area contributed by atoms with E-state index in [1.165, 1.54) is 25.2 Å². The zero-order valence-electron chi connectivity index (χ0n) is 14.5. The molecule has 0 atom stereocenters. The zero-order chi connectivity index (χ0) is 21.7. The van der Waals surface area contributed by atoms with Gasteiger partial charge in [0, 0.05) is 6.42 Å². The standard InChI is InChI=1S/C10H19N2.C2F6NO4S2/c1-4-6-7-12-9-8-11(3)10(12)5-2;3-1(4,5)14(10,11)9-15(12,13)2(6,7)8/h8-9H,4-7H2,1-3H3;/q+1;-1. The number of hydrogen-bond donors (Lipinski definition) is 0. The van der Waals surface area contributed by atoms with Gasteiger partial charge in [0.15, 0.2) is 20.0 Å². The highest BCUT2D eigenvalue weighted by Gasteiger charge is 2.46. The quantitative estimate of drug-likeness (QED) is 0.495. The van der Waals surface area contributed by atoms with Crippen LogP contribution in [0.3, 0.4) is 0 Å². The summed E-state index contributed by atoms with van der Waals surface area (Å²) in [6.45, 7) is 5.60. The molecule has 0 saturated heterocycles. The first-order valence-corrected chi connectivity index (χ1v) is 10.3. The average Bonchev–Trinajstić information content (AvgIpc) is 2.82. The molecule has 0 aliphatic heterocycles. The van der Waals surface area contributed by atoms with E-state index in [1.54, 1.807) is 0 Å². The molecule has 1 rings (SSSR count). The first-order valence-electron chi connectivity index (χ1n) is 7.40. The lowest BCUT2D eigenvalue weighted by Crippen LogP contribution is -2.31. The molecule has 27 heavy (non-hydrogen) atoms. The van der Waals surface area contributed by atoms with Crippen LogP contribution in [0.25, 0.3) is 4.13 Å². The van der Waals surface area contributed by atoms with Gasteiger partial charge in [0.1, 0.15) is 12.4 Å². The molecular weight excluding hydrogens is 428 g/mol. The molecule has 0 aliphatic rings. The van der Waals surface area contributed by atoms with Crippen LogP contribution in [0.5, 0.6) is 0 Å². The molecule has 15 heteroatoms. The van der Waals surface area contributed by atoms with E-state index in [9.17, 15) is 43.2 Å². The molecule has 1 aromatic rings. The molecule has 0 N–H and O–H groups in total. The van der Waals surface area contributed by atoms with Crippen molar-refractivity contribution in [3.8, 4) is 0 Å². The lowest BCUT2D eigenvalue weighted by molar-refractivity contribution is -0.678. The lowest BCUT2D eigenvalue weighted by Gasteiger charge is -2.22. The smallest absolute Gasteiger partial charge is 0.421 e. The number of sulfonamides is 2. The molecule has 0 saturated carbocycles. The number of aryl methyl sites for hydroxylation is 2. The summed E-state index contributed by atoms with van der Waals surface area (Å²) in [5.74, 6) is 1.42. The Bertz CT molecular complexity index is 771. The van der Waals surface area contributed by atoms with Crippen molar-refractivity contribution in [2.45, 2.75) is 50.7 Å². The molecular formula is C12H19F6N3O4S2. The van der Waals surface area contributed by atoms with Crippen LogP contribution in [0, 0.1) is 0 Å². The Hall–Kier alpha value is -1.35. The first kappa shape index (κ1) is 25.6. The number of hydrogen-bond acceptors (Lipinski definition) is 4. The van der Waals surface area contributed by atoms with Gasteiger partial charge in [-0.3, -0.25) is 0 Å². The molecule has 1 heterocycles. The summed E-state index contributed by atoms with van der Waals surface area (Å²) in [4.78, 5) is 0. The van der Waals surface area contributed by atoms with Crippen molar-refractivity contribution in [2.24, 2.45) is 7.05 Å². The van der Waals surface area contributed by atoms with Gasteiger partial charge in [0.05, 0.1) is 13.6 Å². The number of rotatable bonds is 6. The van der Waals surface area contributed by atoms with E-state index >= 15 is 0 Å². The summed E-state index contributed by atoms with van der Waals surface area (Å²) in [5.41, 5.74) is -12.4. The predicted octanol–water partition coefficient (Wildman–Crippen LogP) is 2.73. The molecule has 0 spiro atoms. The van der Waals surface area contributed by atoms with Gasteiger partial charge in [-0.1, -0.05) is 20.3 Å². The van der Waals surface area contributed by atoms with E-state index in [4.69, 9.17) is 0 Å². The van der Waals surface area contributed by atoms with Gasteiger partial charge in [-0.05, 0) is 6.42 Å². The highest BCUT2D eigenvalue weighted by molar-refractivity contribution is 8.13. The summed E-state index contributed by atoms with van der Waals surface area (Å²) in [6.07, 6.45) is 7.98. The highest BCUT2D eigenvalue weighted by Crippen LogP contribution is 2.36. The molecule has 0 bridgehead atoms. The summed E-state index contributed by atoms with van der Waals surface area (Å²) < 4.78 is 114. The Morgan fingerprint density at radius 3 is 1.78 bits per heavy atom. The van der Waals surface area contributed by atoms with Crippen LogP contribution in [-0.2, 0) is 40.1 Å². The van der Waals surface area contributed by atoms with Crippen molar-refractivity contribution in [2.75, 3.05) is 0 Å². The fourth-order valence-electron chi connectivity index (χ4n) is 1.75. The molecule has 0 fully saturated rings. The number of nitrogens with zero attached hydrogens (tertiary/aromatic N) is 3. The van der Waals surface area contributed by atoms with Crippen LogP contribution in [-0.4, -0.2) is 32.4 Å². The Morgan fingerprint density at radius 2 is 1.44 bits per heavy atom. The van der Waals surface area contributed by atoms with Crippen LogP contribution in [0.4, 0.5) is 26.3 Å². The maximum absolute atomic E-state index is 11.4. The van der Waals surface area contributed by atoms with Gasteiger partial charge in [0.25, 0.3) is 5.82 Å². The third-order valence-electron chi connectivity index (χ3n) is 3.06. The molecule has 0 aromatic carbocycles. The summed E-state index contributed by atoms with van der Waals surface area (Å²) in [5, 5.41) is 0. The topological polar surface area (TPSA) is 91.2 Å². The Labute approximate surface area is 153 Å². The van der Waals surface area contributed by atoms with Gasteiger partial charge in [-0.25, -0.2) is 26.0 Å². The SMILES string of the molecule is CCCCn1cc[n+](C)c1CC.O=S(=O)([N-]S(=O)(=O)C(F)(F)F)C(F)(F)F. The van der Waals surface area contributed by atoms with Gasteiger partial charge in [0.2, 0.25) is 0 Å². The molecule has 0 amide bonds. The average molecular weight is 447 g/mol. The Kier molecular flexibility index (Phi) is 8.77. The maximum Gasteiger partial charge on any atom is 0.480 e. The van der Waals surface area contributed by atoms with Crippen molar-refractivity contribution in [3.63, 3.8) is 0 Å². The van der Waals surface area contributed by atoms with Crippen molar-refractivity contribution >= 4 is 20.0 Å². The molecule has 0 unspecified atom stereocenters. The number of unbranched alkanes of at least 4 members (excludes halogenated alkanes) is 1. The predicted molar refractivity (Wildman–Crippen MR) is 83.2 cm³/mol. The van der Waals surface area contributed by atoms with Crippen LogP contribution in [0.15, 0.2) is 12.4 Å². The molecule has 7 nitrogen and oxygen atoms in total. The molecule has 0 aliphatic carbocycles. The van der Waals surface area contributed by atoms with Gasteiger partial charge in [-0.2, -0.15) is 26.3 Å². The second-order valence-electron chi connectivity index (χ2n) is 5.14. The normalized spacial score (nSPS) is 13.2. The van der Waals surface area contributed by atoms with Crippen LogP contribution < -0.4 is 4.57 Å². The third-order valence-corrected chi connectivity index (χ3v) is 5.80. The zero-order valence-corrected chi connectivity index (χ0v) is 16.2. The van der Waals surface area contributed by atoms with Crippen molar-refractivity contribution in [1.82, 2.24) is 4.57 Å². The number of aromatic nitrogens is 2. The Balaban J connectivity index is 0.000000511. The lowest BCUT2D eigenvalue weighted by atomic mass is 10.3. The van der Waals surface area contributed by atoms with E-state index in [-0.39, 0.29) is 0 Å². The van der Waals surface area contributed by atoms with Crippen molar-refractivity contribution in [1.29, 1.82) is 0 Å². The summed E-state index contributed by atoms with van der Waals surface area (Å²) in [6, 6.07) is 0. The van der Waals surface area contributed by atoms with E-state index < -0.39 is 31.1 Å². The molecule has 0 radical (unpaired) electrons. The van der Waals surface area contributed by atoms with Gasteiger partial charge in [-0.15, -0.1) is 0 Å². The van der Waals surface area contributed by atoms with Gasteiger partial charge >= 0.3 is 11.0 Å². The molecule has 1 aromatic heterocycles. The van der Waals surface area contributed by atoms with Crippen molar-refractivity contribution < 1.29 is 47.7 Å². The third kappa shape index (κ3) is 7.29. The second kappa shape index (κ2) is 9.23. The van der Waals surface area contributed by atoms with E-state index in [0.29, 0.717) is 0 Å². The second-order valence-corrected chi connectivity index (χ2v) is 8.56. The Morgan fingerprint density at radius 1 is 1.00 bits per heavy atom. The summed E-state index contributed by atoms with van der Waals surface area (Å²) >= 11 is 0. The minimum Gasteiger partial charge on any atom is -0.421 e. The fraction of sp³-hybridized carbons (Fsp3) is 0.750. The number of alkyl halides is 6. The maximum atomic E-state index is 11.4. The van der Waals surface area contributed by atoms with Crippen molar-refractivity contribution in [3.05, 3.63) is 22.3 Å². The van der Waals surface area contributed by atoms with Crippen LogP contribution >= 0.6 is 0 Å². The largest absolute Gasteiger partial charge is 0.480 e. The van der Waals surface area contributed by atoms with Crippen LogP contribution in [0.2, 0.25) is 0 Å². The van der Waals surface area contributed by atoms with Crippen LogP contribution in [0.1, 0.15) is 32.5 Å². The first-order chi connectivity index (χ1) is 12.0. The summed E-state index contributed by atoms with van der Waals surface area (Å²) in [7, 11) is -11.3. The van der Waals surface area contributed by atoms with E-state index in [2.05, 4.69) is 42.4 Å². The molecule has 160 valence electrons.